The van der Waals surface area contributed by atoms with Crippen LogP contribution in [0.4, 0.5) is 0 Å². The summed E-state index contributed by atoms with van der Waals surface area (Å²) in [5, 5.41) is 9.53. The molecule has 3 nitrogen and oxygen atoms in total. The van der Waals surface area contributed by atoms with Crippen LogP contribution in [0.15, 0.2) is 24.3 Å². The van der Waals surface area contributed by atoms with Crippen molar-refractivity contribution in [3.63, 3.8) is 0 Å². The minimum atomic E-state index is -0.704. The maximum Gasteiger partial charge on any atom is 0.314 e. The standard InChI is InChI=1S/C15H20O3/c1-10(2)11-8-15(9-11,14(16)17)12-4-6-13(18-3)7-5-12/h4-7,10-11H,8-9H2,1-3H3,(H,16,17). The van der Waals surface area contributed by atoms with Gasteiger partial charge in [-0.1, -0.05) is 26.0 Å². The van der Waals surface area contributed by atoms with E-state index in [0.717, 1.165) is 24.2 Å². The highest BCUT2D eigenvalue weighted by Gasteiger charge is 2.52. The fourth-order valence-corrected chi connectivity index (χ4v) is 2.75. The number of methoxy groups -OCH3 is 1. The van der Waals surface area contributed by atoms with Crippen molar-refractivity contribution < 1.29 is 14.6 Å². The minimum Gasteiger partial charge on any atom is -0.497 e. The van der Waals surface area contributed by atoms with E-state index in [1.807, 2.05) is 24.3 Å². The Balaban J connectivity index is 2.24. The van der Waals surface area contributed by atoms with Gasteiger partial charge in [0.15, 0.2) is 0 Å². The summed E-state index contributed by atoms with van der Waals surface area (Å²) in [5.41, 5.74) is 0.217. The Bertz CT molecular complexity index is 428. The highest BCUT2D eigenvalue weighted by Crippen LogP contribution is 2.51. The molecular formula is C15H20O3. The third-order valence-corrected chi connectivity index (χ3v) is 4.22. The molecule has 0 atom stereocenters. The molecule has 2 rings (SSSR count). The average Bonchev–Trinajstić information content (AvgIpc) is 2.27. The number of rotatable bonds is 4. The van der Waals surface area contributed by atoms with Crippen LogP contribution in [0, 0.1) is 11.8 Å². The summed E-state index contributed by atoms with van der Waals surface area (Å²) < 4.78 is 5.11. The fraction of sp³-hybridized carbons (Fsp3) is 0.533. The lowest BCUT2D eigenvalue weighted by atomic mass is 9.56. The van der Waals surface area contributed by atoms with Gasteiger partial charge in [0.05, 0.1) is 12.5 Å². The van der Waals surface area contributed by atoms with Crippen molar-refractivity contribution in [1.29, 1.82) is 0 Å². The quantitative estimate of drug-likeness (QED) is 0.890. The number of benzene rings is 1. The SMILES string of the molecule is COc1ccc(C2(C(=O)O)CC(C(C)C)C2)cc1. The first-order chi connectivity index (χ1) is 8.49. The molecule has 0 saturated heterocycles. The van der Waals surface area contributed by atoms with E-state index in [1.54, 1.807) is 7.11 Å². The summed E-state index contributed by atoms with van der Waals surface area (Å²) in [6.07, 6.45) is 1.48. The molecule has 0 bridgehead atoms. The van der Waals surface area contributed by atoms with Crippen molar-refractivity contribution in [1.82, 2.24) is 0 Å². The number of carboxylic acid groups (broad SMARTS) is 1. The number of ether oxygens (including phenoxy) is 1. The maximum absolute atomic E-state index is 11.6. The Morgan fingerprint density at radius 2 is 1.89 bits per heavy atom. The third-order valence-electron chi connectivity index (χ3n) is 4.22. The van der Waals surface area contributed by atoms with E-state index >= 15 is 0 Å². The molecule has 0 radical (unpaired) electrons. The molecule has 98 valence electrons. The number of carboxylic acids is 1. The highest BCUT2D eigenvalue weighted by molar-refractivity contribution is 5.82. The first-order valence-electron chi connectivity index (χ1n) is 6.37. The second-order valence-electron chi connectivity index (χ2n) is 5.53. The largest absolute Gasteiger partial charge is 0.497 e. The molecule has 1 saturated carbocycles. The fourth-order valence-electron chi connectivity index (χ4n) is 2.75. The van der Waals surface area contributed by atoms with E-state index in [9.17, 15) is 9.90 Å². The Labute approximate surface area is 108 Å². The van der Waals surface area contributed by atoms with Gasteiger partial charge in [0, 0.05) is 0 Å². The van der Waals surface area contributed by atoms with Crippen LogP contribution >= 0.6 is 0 Å². The molecule has 1 aliphatic carbocycles. The number of hydrogen-bond donors (Lipinski definition) is 1. The zero-order chi connectivity index (χ0) is 13.3. The molecule has 1 aromatic carbocycles. The van der Waals surface area contributed by atoms with Crippen LogP contribution in [0.3, 0.4) is 0 Å². The van der Waals surface area contributed by atoms with Crippen molar-refractivity contribution in [2.24, 2.45) is 11.8 Å². The monoisotopic (exact) mass is 248 g/mol. The van der Waals surface area contributed by atoms with Crippen molar-refractivity contribution >= 4 is 5.97 Å². The van der Waals surface area contributed by atoms with Crippen LogP contribution in [0.5, 0.6) is 5.75 Å². The summed E-state index contributed by atoms with van der Waals surface area (Å²) in [5.74, 6) is 1.13. The van der Waals surface area contributed by atoms with Gasteiger partial charge in [-0.15, -0.1) is 0 Å². The van der Waals surface area contributed by atoms with Crippen LogP contribution in [0.25, 0.3) is 0 Å². The number of aliphatic carboxylic acids is 1. The van der Waals surface area contributed by atoms with E-state index in [2.05, 4.69) is 13.8 Å². The van der Waals surface area contributed by atoms with Gasteiger partial charge in [-0.25, -0.2) is 0 Å². The molecule has 1 fully saturated rings. The molecule has 0 unspecified atom stereocenters. The second kappa shape index (κ2) is 4.63. The van der Waals surface area contributed by atoms with Crippen molar-refractivity contribution in [2.75, 3.05) is 7.11 Å². The van der Waals surface area contributed by atoms with Crippen molar-refractivity contribution in [3.8, 4) is 5.75 Å². The van der Waals surface area contributed by atoms with Gasteiger partial charge < -0.3 is 9.84 Å². The van der Waals surface area contributed by atoms with Gasteiger partial charge >= 0.3 is 5.97 Å². The van der Waals surface area contributed by atoms with Crippen molar-refractivity contribution in [2.45, 2.75) is 32.1 Å². The summed E-state index contributed by atoms with van der Waals surface area (Å²) in [4.78, 5) is 11.6. The van der Waals surface area contributed by atoms with Crippen LogP contribution in [-0.4, -0.2) is 18.2 Å². The van der Waals surface area contributed by atoms with Crippen LogP contribution in [0.1, 0.15) is 32.3 Å². The van der Waals surface area contributed by atoms with Crippen LogP contribution < -0.4 is 4.74 Å². The topological polar surface area (TPSA) is 46.5 Å². The van der Waals surface area contributed by atoms with E-state index in [1.165, 1.54) is 0 Å². The van der Waals surface area contributed by atoms with Gasteiger partial charge in [0.2, 0.25) is 0 Å². The molecule has 0 spiro atoms. The first-order valence-corrected chi connectivity index (χ1v) is 6.37. The highest BCUT2D eigenvalue weighted by atomic mass is 16.5. The molecule has 0 heterocycles. The summed E-state index contributed by atoms with van der Waals surface area (Å²) in [7, 11) is 1.61. The number of carbonyl (C=O) groups is 1. The lowest BCUT2D eigenvalue weighted by molar-refractivity contribution is -0.150. The Morgan fingerprint density at radius 1 is 1.33 bits per heavy atom. The maximum atomic E-state index is 11.6. The molecule has 0 amide bonds. The molecule has 1 aliphatic rings. The second-order valence-corrected chi connectivity index (χ2v) is 5.53. The predicted molar refractivity (Wildman–Crippen MR) is 69.9 cm³/mol. The predicted octanol–water partition coefficient (Wildman–Crippen LogP) is 3.08. The van der Waals surface area contributed by atoms with Gasteiger partial charge in [0.25, 0.3) is 0 Å². The Hall–Kier alpha value is -1.51. The van der Waals surface area contributed by atoms with Gasteiger partial charge in [-0.2, -0.15) is 0 Å². The van der Waals surface area contributed by atoms with E-state index < -0.39 is 11.4 Å². The average molecular weight is 248 g/mol. The van der Waals surface area contributed by atoms with E-state index in [4.69, 9.17) is 4.74 Å². The lowest BCUT2D eigenvalue weighted by Gasteiger charge is -2.46. The van der Waals surface area contributed by atoms with Crippen LogP contribution in [-0.2, 0) is 10.2 Å². The van der Waals surface area contributed by atoms with Gasteiger partial charge in [-0.3, -0.25) is 4.79 Å². The molecule has 0 aliphatic heterocycles. The summed E-state index contributed by atoms with van der Waals surface area (Å²) in [6.45, 7) is 4.31. The summed E-state index contributed by atoms with van der Waals surface area (Å²) in [6, 6.07) is 7.43. The lowest BCUT2D eigenvalue weighted by Crippen LogP contribution is -2.49. The Kier molecular flexibility index (Phi) is 3.33. The normalized spacial score (nSPS) is 26.8. The Morgan fingerprint density at radius 3 is 2.28 bits per heavy atom. The molecule has 0 aromatic heterocycles. The van der Waals surface area contributed by atoms with Gasteiger partial charge in [-0.05, 0) is 42.4 Å². The third kappa shape index (κ3) is 1.98. The zero-order valence-electron chi connectivity index (χ0n) is 11.1. The zero-order valence-corrected chi connectivity index (χ0v) is 11.1. The summed E-state index contributed by atoms with van der Waals surface area (Å²) >= 11 is 0. The van der Waals surface area contributed by atoms with Crippen LogP contribution in [0.2, 0.25) is 0 Å². The smallest absolute Gasteiger partial charge is 0.314 e. The molecule has 1 aromatic rings. The molecule has 3 heteroatoms. The minimum absolute atomic E-state index is 0.517. The molecule has 18 heavy (non-hydrogen) atoms. The van der Waals surface area contributed by atoms with Gasteiger partial charge in [0.1, 0.15) is 5.75 Å². The van der Waals surface area contributed by atoms with Crippen molar-refractivity contribution in [3.05, 3.63) is 29.8 Å². The van der Waals surface area contributed by atoms with E-state index in [-0.39, 0.29) is 0 Å². The number of hydrogen-bond acceptors (Lipinski definition) is 2. The molecule has 1 N–H and O–H groups in total. The first kappa shape index (κ1) is 12.9. The molecular weight excluding hydrogens is 228 g/mol. The van der Waals surface area contributed by atoms with E-state index in [0.29, 0.717) is 11.8 Å².